The number of hydrogen-bond acceptors (Lipinski definition) is 4. The van der Waals surface area contributed by atoms with Crippen LogP contribution in [0.4, 0.5) is 0 Å². The van der Waals surface area contributed by atoms with Gasteiger partial charge in [0.25, 0.3) is 0 Å². The van der Waals surface area contributed by atoms with Gasteiger partial charge in [0, 0.05) is 6.20 Å². The van der Waals surface area contributed by atoms with Gasteiger partial charge in [-0.1, -0.05) is 11.6 Å². The Bertz CT molecular complexity index is 429. The number of nitrogens with zero attached hydrogens (tertiary/aromatic N) is 1. The van der Waals surface area contributed by atoms with Gasteiger partial charge in [0.05, 0.1) is 17.8 Å². The van der Waals surface area contributed by atoms with Gasteiger partial charge in [-0.2, -0.15) is 0 Å². The summed E-state index contributed by atoms with van der Waals surface area (Å²) < 4.78 is 10.7. The van der Waals surface area contributed by atoms with Crippen LogP contribution in [0.25, 0.3) is 0 Å². The minimum atomic E-state index is -1.11. The Labute approximate surface area is 111 Å². The summed E-state index contributed by atoms with van der Waals surface area (Å²) in [7, 11) is 0. The van der Waals surface area contributed by atoms with Crippen LogP contribution < -0.4 is 4.74 Å². The van der Waals surface area contributed by atoms with Gasteiger partial charge in [-0.05, 0) is 26.8 Å². The molecule has 1 aromatic rings. The number of aromatic nitrogens is 1. The molecular weight excluding hydrogens is 258 g/mol. The highest BCUT2D eigenvalue weighted by Crippen LogP contribution is 2.25. The fourth-order valence-corrected chi connectivity index (χ4v) is 1.42. The maximum absolute atomic E-state index is 10.8. The van der Waals surface area contributed by atoms with Crippen LogP contribution in [0.2, 0.25) is 5.02 Å². The van der Waals surface area contributed by atoms with Crippen molar-refractivity contribution in [1.29, 1.82) is 0 Å². The second kappa shape index (κ2) is 6.02. The summed E-state index contributed by atoms with van der Waals surface area (Å²) in [5.74, 6) is -1.01. The van der Waals surface area contributed by atoms with Gasteiger partial charge in [-0.15, -0.1) is 0 Å². The van der Waals surface area contributed by atoms with Crippen molar-refractivity contribution >= 4 is 17.6 Å². The van der Waals surface area contributed by atoms with Gasteiger partial charge in [0.1, 0.15) is 11.6 Å². The second-order valence-electron chi connectivity index (χ2n) is 4.59. The summed E-state index contributed by atoms with van der Waals surface area (Å²) in [6.07, 6.45) is 1.34. The Hall–Kier alpha value is -1.33. The maximum Gasteiger partial charge on any atom is 0.337 e. The van der Waals surface area contributed by atoms with E-state index in [-0.39, 0.29) is 28.7 Å². The molecule has 0 aromatic carbocycles. The predicted molar refractivity (Wildman–Crippen MR) is 67.4 cm³/mol. The molecule has 0 saturated carbocycles. The molecule has 0 radical (unpaired) electrons. The molecule has 0 spiro atoms. The van der Waals surface area contributed by atoms with E-state index in [1.54, 1.807) is 0 Å². The van der Waals surface area contributed by atoms with Crippen LogP contribution in [-0.2, 0) is 4.74 Å². The van der Waals surface area contributed by atoms with Gasteiger partial charge < -0.3 is 14.6 Å². The summed E-state index contributed by atoms with van der Waals surface area (Å²) in [6.45, 7) is 6.43. The average Bonchev–Trinajstić information content (AvgIpc) is 2.24. The Morgan fingerprint density at radius 3 is 2.67 bits per heavy atom. The van der Waals surface area contributed by atoms with Gasteiger partial charge in [0.15, 0.2) is 0 Å². The lowest BCUT2D eigenvalue weighted by Gasteiger charge is -2.19. The van der Waals surface area contributed by atoms with Crippen LogP contribution in [0, 0.1) is 0 Å². The van der Waals surface area contributed by atoms with Crippen molar-refractivity contribution in [3.8, 4) is 5.88 Å². The van der Waals surface area contributed by atoms with Gasteiger partial charge in [-0.3, -0.25) is 0 Å². The van der Waals surface area contributed by atoms with E-state index in [1.165, 1.54) is 12.3 Å². The molecule has 6 heteroatoms. The van der Waals surface area contributed by atoms with E-state index in [0.717, 1.165) is 0 Å². The zero-order valence-corrected chi connectivity index (χ0v) is 11.3. The number of carboxylic acids is 1. The Balaban J connectivity index is 2.58. The molecule has 0 fully saturated rings. The fourth-order valence-electron chi connectivity index (χ4n) is 1.18. The summed E-state index contributed by atoms with van der Waals surface area (Å²) in [6, 6.07) is 1.32. The molecule has 0 aliphatic rings. The monoisotopic (exact) mass is 273 g/mol. The molecule has 1 N–H and O–H groups in total. The van der Waals surface area contributed by atoms with E-state index in [2.05, 4.69) is 4.98 Å². The molecule has 100 valence electrons. The molecule has 0 bridgehead atoms. The largest absolute Gasteiger partial charge is 0.478 e. The zero-order chi connectivity index (χ0) is 13.8. The minimum Gasteiger partial charge on any atom is -0.478 e. The maximum atomic E-state index is 10.8. The quantitative estimate of drug-likeness (QED) is 0.835. The molecule has 0 aliphatic carbocycles. The Morgan fingerprint density at radius 2 is 2.11 bits per heavy atom. The van der Waals surface area contributed by atoms with E-state index in [9.17, 15) is 4.79 Å². The van der Waals surface area contributed by atoms with Crippen molar-refractivity contribution in [3.63, 3.8) is 0 Å². The smallest absolute Gasteiger partial charge is 0.337 e. The van der Waals surface area contributed by atoms with Crippen LogP contribution in [0.3, 0.4) is 0 Å². The van der Waals surface area contributed by atoms with Crippen molar-refractivity contribution in [3.05, 3.63) is 22.8 Å². The molecule has 0 atom stereocenters. The fraction of sp³-hybridized carbons (Fsp3) is 0.500. The molecule has 1 rings (SSSR count). The van der Waals surface area contributed by atoms with Crippen LogP contribution in [0.1, 0.15) is 31.1 Å². The third-order valence-corrected chi connectivity index (χ3v) is 2.31. The normalized spacial score (nSPS) is 11.3. The minimum absolute atomic E-state index is 0.000702. The zero-order valence-electron chi connectivity index (χ0n) is 10.6. The summed E-state index contributed by atoms with van der Waals surface area (Å²) in [5, 5.41) is 8.88. The Kier molecular flexibility index (Phi) is 4.93. The number of ether oxygens (including phenoxy) is 2. The predicted octanol–water partition coefficient (Wildman–Crippen LogP) is 2.63. The standard InChI is InChI=1S/C12H16ClNO4/c1-12(2,3)18-7-6-17-10-9(13)8(11(15)16)4-5-14-10/h4-5H,6-7H2,1-3H3,(H,15,16). The molecule has 1 aromatic heterocycles. The van der Waals surface area contributed by atoms with Gasteiger partial charge in [-0.25, -0.2) is 9.78 Å². The SMILES string of the molecule is CC(C)(C)OCCOc1nccc(C(=O)O)c1Cl. The molecule has 5 nitrogen and oxygen atoms in total. The summed E-state index contributed by atoms with van der Waals surface area (Å²) >= 11 is 5.86. The number of aromatic carboxylic acids is 1. The first-order valence-corrected chi connectivity index (χ1v) is 5.83. The third kappa shape index (κ3) is 4.50. The van der Waals surface area contributed by atoms with E-state index in [1.807, 2.05) is 20.8 Å². The number of rotatable bonds is 5. The van der Waals surface area contributed by atoms with E-state index < -0.39 is 5.97 Å². The van der Waals surface area contributed by atoms with E-state index in [0.29, 0.717) is 6.61 Å². The molecule has 0 saturated heterocycles. The van der Waals surface area contributed by atoms with Crippen molar-refractivity contribution in [1.82, 2.24) is 4.98 Å². The van der Waals surface area contributed by atoms with Crippen molar-refractivity contribution < 1.29 is 19.4 Å². The number of pyridine rings is 1. The highest BCUT2D eigenvalue weighted by molar-refractivity contribution is 6.34. The average molecular weight is 274 g/mol. The van der Waals surface area contributed by atoms with Crippen molar-refractivity contribution in [2.24, 2.45) is 0 Å². The summed E-state index contributed by atoms with van der Waals surface area (Å²) in [4.78, 5) is 14.7. The van der Waals surface area contributed by atoms with Crippen LogP contribution in [-0.4, -0.2) is 34.9 Å². The number of halogens is 1. The molecule has 1 heterocycles. The van der Waals surface area contributed by atoms with Crippen LogP contribution >= 0.6 is 11.6 Å². The highest BCUT2D eigenvalue weighted by atomic mass is 35.5. The number of carboxylic acid groups (broad SMARTS) is 1. The van der Waals surface area contributed by atoms with Crippen LogP contribution in [0.15, 0.2) is 12.3 Å². The topological polar surface area (TPSA) is 68.7 Å². The van der Waals surface area contributed by atoms with Gasteiger partial charge in [0.2, 0.25) is 5.88 Å². The second-order valence-corrected chi connectivity index (χ2v) is 4.97. The molecule has 0 aliphatic heterocycles. The first-order valence-electron chi connectivity index (χ1n) is 5.46. The highest BCUT2D eigenvalue weighted by Gasteiger charge is 2.15. The molecule has 0 unspecified atom stereocenters. The van der Waals surface area contributed by atoms with Crippen molar-refractivity contribution in [2.45, 2.75) is 26.4 Å². The first-order chi connectivity index (χ1) is 8.31. The van der Waals surface area contributed by atoms with Gasteiger partial charge >= 0.3 is 5.97 Å². The van der Waals surface area contributed by atoms with Crippen LogP contribution in [0.5, 0.6) is 5.88 Å². The third-order valence-electron chi connectivity index (χ3n) is 1.94. The first kappa shape index (κ1) is 14.7. The lowest BCUT2D eigenvalue weighted by Crippen LogP contribution is -2.22. The lowest BCUT2D eigenvalue weighted by molar-refractivity contribution is -0.0167. The number of carbonyl (C=O) groups is 1. The van der Waals surface area contributed by atoms with E-state index >= 15 is 0 Å². The molecular formula is C12H16ClNO4. The van der Waals surface area contributed by atoms with Crippen molar-refractivity contribution in [2.75, 3.05) is 13.2 Å². The molecule has 0 amide bonds. The summed E-state index contributed by atoms with van der Waals surface area (Å²) in [5.41, 5.74) is -0.276. The lowest BCUT2D eigenvalue weighted by atomic mass is 10.2. The number of hydrogen-bond donors (Lipinski definition) is 1. The Morgan fingerprint density at radius 1 is 1.44 bits per heavy atom. The molecule has 18 heavy (non-hydrogen) atoms. The van der Waals surface area contributed by atoms with E-state index in [4.69, 9.17) is 26.2 Å².